The highest BCUT2D eigenvalue weighted by Crippen LogP contribution is 2.15. The maximum absolute atomic E-state index is 11.8. The molecule has 0 aromatic carbocycles. The molecule has 1 heterocycles. The SMILES string of the molecule is CC(C)c1cc(NC(=O)CCCNC(=O)C(C)(C)C)n[nH]1. The topological polar surface area (TPSA) is 86.9 Å². The lowest BCUT2D eigenvalue weighted by Crippen LogP contribution is -2.35. The zero-order valence-electron chi connectivity index (χ0n) is 13.5. The van der Waals surface area contributed by atoms with E-state index in [0.29, 0.717) is 31.1 Å². The average Bonchev–Trinajstić information content (AvgIpc) is 2.81. The van der Waals surface area contributed by atoms with E-state index >= 15 is 0 Å². The monoisotopic (exact) mass is 294 g/mol. The summed E-state index contributed by atoms with van der Waals surface area (Å²) in [6.07, 6.45) is 0.962. The molecule has 118 valence electrons. The first-order valence-electron chi connectivity index (χ1n) is 7.33. The molecule has 0 spiro atoms. The molecule has 1 rings (SSSR count). The lowest BCUT2D eigenvalue weighted by atomic mass is 9.96. The number of H-pyrrole nitrogens is 1. The van der Waals surface area contributed by atoms with Gasteiger partial charge in [0.1, 0.15) is 0 Å². The third kappa shape index (κ3) is 5.97. The summed E-state index contributed by atoms with van der Waals surface area (Å²) in [5, 5.41) is 12.5. The van der Waals surface area contributed by atoms with Gasteiger partial charge in [-0.25, -0.2) is 0 Å². The standard InChI is InChI=1S/C15H26N4O2/c1-10(2)11-9-12(19-18-11)17-13(20)7-6-8-16-14(21)15(3,4)5/h9-10H,6-8H2,1-5H3,(H,16,21)(H2,17,18,19,20). The molecule has 0 aliphatic carbocycles. The number of carbonyl (C=O) groups is 2. The van der Waals surface area contributed by atoms with Gasteiger partial charge >= 0.3 is 0 Å². The van der Waals surface area contributed by atoms with Gasteiger partial charge in [-0.15, -0.1) is 0 Å². The Hall–Kier alpha value is -1.85. The Labute approximate surface area is 126 Å². The molecule has 6 nitrogen and oxygen atoms in total. The van der Waals surface area contributed by atoms with Gasteiger partial charge in [-0.3, -0.25) is 14.7 Å². The van der Waals surface area contributed by atoms with Gasteiger partial charge in [0.2, 0.25) is 11.8 Å². The van der Waals surface area contributed by atoms with Crippen LogP contribution in [0.1, 0.15) is 59.1 Å². The molecule has 1 aromatic rings. The van der Waals surface area contributed by atoms with Crippen LogP contribution in [0.3, 0.4) is 0 Å². The number of hydrogen-bond donors (Lipinski definition) is 3. The van der Waals surface area contributed by atoms with E-state index in [9.17, 15) is 9.59 Å². The van der Waals surface area contributed by atoms with E-state index in [1.165, 1.54) is 0 Å². The fourth-order valence-corrected chi connectivity index (χ4v) is 1.62. The predicted octanol–water partition coefficient (Wildman–Crippen LogP) is 2.41. The fraction of sp³-hybridized carbons (Fsp3) is 0.667. The first-order valence-corrected chi connectivity index (χ1v) is 7.33. The van der Waals surface area contributed by atoms with Crippen molar-refractivity contribution in [3.05, 3.63) is 11.8 Å². The number of nitrogens with zero attached hydrogens (tertiary/aromatic N) is 1. The summed E-state index contributed by atoms with van der Waals surface area (Å²) in [7, 11) is 0. The summed E-state index contributed by atoms with van der Waals surface area (Å²) in [6, 6.07) is 1.84. The molecule has 2 amide bonds. The molecule has 3 N–H and O–H groups in total. The molecule has 0 unspecified atom stereocenters. The minimum atomic E-state index is -0.398. The molecule has 6 heteroatoms. The van der Waals surface area contributed by atoms with Crippen LogP contribution in [-0.4, -0.2) is 28.6 Å². The zero-order valence-corrected chi connectivity index (χ0v) is 13.5. The van der Waals surface area contributed by atoms with Crippen molar-refractivity contribution in [3.63, 3.8) is 0 Å². The minimum Gasteiger partial charge on any atom is -0.356 e. The maximum Gasteiger partial charge on any atom is 0.225 e. The maximum atomic E-state index is 11.8. The largest absolute Gasteiger partial charge is 0.356 e. The van der Waals surface area contributed by atoms with Gasteiger partial charge in [0.25, 0.3) is 0 Å². The van der Waals surface area contributed by atoms with Crippen molar-refractivity contribution in [3.8, 4) is 0 Å². The molecule has 0 bridgehead atoms. The molecular formula is C15H26N4O2. The summed E-state index contributed by atoms with van der Waals surface area (Å²) < 4.78 is 0. The van der Waals surface area contributed by atoms with Crippen molar-refractivity contribution in [2.45, 2.75) is 53.4 Å². The van der Waals surface area contributed by atoms with Crippen molar-refractivity contribution in [1.29, 1.82) is 0 Å². The number of amides is 2. The van der Waals surface area contributed by atoms with Gasteiger partial charge in [0.05, 0.1) is 0 Å². The van der Waals surface area contributed by atoms with E-state index in [-0.39, 0.29) is 11.8 Å². The number of aromatic amines is 1. The minimum absolute atomic E-state index is 0.00298. The van der Waals surface area contributed by atoms with Crippen molar-refractivity contribution in [2.75, 3.05) is 11.9 Å². The lowest BCUT2D eigenvalue weighted by molar-refractivity contribution is -0.128. The Bertz CT molecular complexity index is 486. The molecule has 0 aliphatic heterocycles. The third-order valence-corrected chi connectivity index (χ3v) is 3.03. The predicted molar refractivity (Wildman–Crippen MR) is 83.0 cm³/mol. The van der Waals surface area contributed by atoms with Crippen LogP contribution in [0.2, 0.25) is 0 Å². The molecule has 21 heavy (non-hydrogen) atoms. The van der Waals surface area contributed by atoms with Gasteiger partial charge < -0.3 is 10.6 Å². The molecule has 0 saturated carbocycles. The van der Waals surface area contributed by atoms with Gasteiger partial charge in [-0.1, -0.05) is 34.6 Å². The van der Waals surface area contributed by atoms with Crippen LogP contribution in [0.15, 0.2) is 6.07 Å². The van der Waals surface area contributed by atoms with Crippen LogP contribution < -0.4 is 10.6 Å². The van der Waals surface area contributed by atoms with Crippen LogP contribution >= 0.6 is 0 Å². The Morgan fingerprint density at radius 3 is 2.52 bits per heavy atom. The highest BCUT2D eigenvalue weighted by atomic mass is 16.2. The van der Waals surface area contributed by atoms with Gasteiger partial charge in [-0.05, 0) is 12.3 Å². The van der Waals surface area contributed by atoms with Crippen molar-refractivity contribution in [2.24, 2.45) is 5.41 Å². The lowest BCUT2D eigenvalue weighted by Gasteiger charge is -2.17. The number of aromatic nitrogens is 2. The van der Waals surface area contributed by atoms with E-state index in [2.05, 4.69) is 34.7 Å². The molecule has 0 fully saturated rings. The Balaban J connectivity index is 2.27. The second-order valence-corrected chi connectivity index (χ2v) is 6.52. The highest BCUT2D eigenvalue weighted by Gasteiger charge is 2.20. The van der Waals surface area contributed by atoms with Crippen LogP contribution in [-0.2, 0) is 9.59 Å². The van der Waals surface area contributed by atoms with E-state index in [0.717, 1.165) is 5.69 Å². The fourth-order valence-electron chi connectivity index (χ4n) is 1.62. The van der Waals surface area contributed by atoms with Crippen molar-refractivity contribution < 1.29 is 9.59 Å². The zero-order chi connectivity index (χ0) is 16.0. The number of nitrogens with one attached hydrogen (secondary N) is 3. The average molecular weight is 294 g/mol. The van der Waals surface area contributed by atoms with E-state index in [1.807, 2.05) is 26.8 Å². The first-order chi connectivity index (χ1) is 9.70. The van der Waals surface area contributed by atoms with E-state index < -0.39 is 5.41 Å². The van der Waals surface area contributed by atoms with Crippen LogP contribution in [0.5, 0.6) is 0 Å². The normalized spacial score (nSPS) is 11.5. The first kappa shape index (κ1) is 17.2. The molecule has 0 aliphatic rings. The Kier molecular flexibility index (Phi) is 5.93. The van der Waals surface area contributed by atoms with Crippen LogP contribution in [0.4, 0.5) is 5.82 Å². The summed E-state index contributed by atoms with van der Waals surface area (Å²) in [5.41, 5.74) is 0.590. The summed E-state index contributed by atoms with van der Waals surface area (Å²) in [6.45, 7) is 10.2. The Morgan fingerprint density at radius 2 is 2.00 bits per heavy atom. The summed E-state index contributed by atoms with van der Waals surface area (Å²) >= 11 is 0. The number of carbonyl (C=O) groups excluding carboxylic acids is 2. The van der Waals surface area contributed by atoms with Crippen LogP contribution in [0, 0.1) is 5.41 Å². The molecule has 0 atom stereocenters. The van der Waals surface area contributed by atoms with Gasteiger partial charge in [-0.2, -0.15) is 5.10 Å². The molecule has 1 aromatic heterocycles. The highest BCUT2D eigenvalue weighted by molar-refractivity contribution is 5.89. The quantitative estimate of drug-likeness (QED) is 0.704. The molecular weight excluding hydrogens is 268 g/mol. The smallest absolute Gasteiger partial charge is 0.225 e. The third-order valence-electron chi connectivity index (χ3n) is 3.03. The second kappa shape index (κ2) is 7.24. The number of rotatable bonds is 6. The van der Waals surface area contributed by atoms with E-state index in [4.69, 9.17) is 0 Å². The molecule has 0 radical (unpaired) electrons. The number of anilines is 1. The van der Waals surface area contributed by atoms with Crippen molar-refractivity contribution in [1.82, 2.24) is 15.5 Å². The van der Waals surface area contributed by atoms with Gasteiger partial charge in [0.15, 0.2) is 5.82 Å². The Morgan fingerprint density at radius 1 is 1.33 bits per heavy atom. The summed E-state index contributed by atoms with van der Waals surface area (Å²) in [4.78, 5) is 23.4. The van der Waals surface area contributed by atoms with Crippen molar-refractivity contribution >= 4 is 17.6 Å². The number of hydrogen-bond acceptors (Lipinski definition) is 3. The molecule has 0 saturated heterocycles. The van der Waals surface area contributed by atoms with Gasteiger partial charge in [0, 0.05) is 30.1 Å². The summed E-state index contributed by atoms with van der Waals surface area (Å²) in [5.74, 6) is 0.789. The van der Waals surface area contributed by atoms with Crippen LogP contribution in [0.25, 0.3) is 0 Å². The second-order valence-electron chi connectivity index (χ2n) is 6.52. The van der Waals surface area contributed by atoms with E-state index in [1.54, 1.807) is 0 Å².